The van der Waals surface area contributed by atoms with Gasteiger partial charge in [-0.1, -0.05) is 17.7 Å². The standard InChI is InChI=1S/C22H19ClF2N2O2/c1-11(28)27-9-18-21(20-16(25)6-13(24)7-17(20)26-18)22(10-27)8-15(22)14-4-3-12(23)5-19(14)29-2/h3-7,15,26H,8-10H2,1-2H3. The minimum atomic E-state index is -0.627. The Morgan fingerprint density at radius 2 is 2.10 bits per heavy atom. The lowest BCUT2D eigenvalue weighted by Gasteiger charge is -2.34. The van der Waals surface area contributed by atoms with Gasteiger partial charge in [0.05, 0.1) is 19.2 Å². The third kappa shape index (κ3) is 2.65. The normalized spacial score (nSPS) is 22.8. The van der Waals surface area contributed by atoms with E-state index in [0.717, 1.165) is 29.3 Å². The number of benzene rings is 2. The summed E-state index contributed by atoms with van der Waals surface area (Å²) in [5.41, 5.74) is 2.57. The van der Waals surface area contributed by atoms with Crippen LogP contribution in [0.3, 0.4) is 0 Å². The van der Waals surface area contributed by atoms with Crippen molar-refractivity contribution in [1.29, 1.82) is 0 Å². The van der Waals surface area contributed by atoms with Crippen LogP contribution in [-0.4, -0.2) is 29.4 Å². The number of carbonyl (C=O) groups is 1. The summed E-state index contributed by atoms with van der Waals surface area (Å²) in [6.45, 7) is 2.37. The van der Waals surface area contributed by atoms with Gasteiger partial charge < -0.3 is 14.6 Å². The molecular weight excluding hydrogens is 398 g/mol. The molecule has 1 aromatic heterocycles. The fourth-order valence-corrected chi connectivity index (χ4v) is 5.16. The number of amides is 1. The molecule has 1 N–H and O–H groups in total. The number of ether oxygens (including phenoxy) is 1. The Hall–Kier alpha value is -2.60. The minimum absolute atomic E-state index is 0.0408. The number of rotatable bonds is 2. The average Bonchev–Trinajstić information content (AvgIpc) is 3.21. The second-order valence-electron chi connectivity index (χ2n) is 7.96. The van der Waals surface area contributed by atoms with Crippen molar-refractivity contribution in [1.82, 2.24) is 9.88 Å². The van der Waals surface area contributed by atoms with Gasteiger partial charge in [-0.15, -0.1) is 0 Å². The molecule has 0 saturated heterocycles. The number of fused-ring (bicyclic) bond motifs is 4. The highest BCUT2D eigenvalue weighted by atomic mass is 35.5. The minimum Gasteiger partial charge on any atom is -0.496 e. The third-order valence-corrected chi connectivity index (χ3v) is 6.54. The van der Waals surface area contributed by atoms with Gasteiger partial charge in [0.25, 0.3) is 0 Å². The fraction of sp³-hybridized carbons (Fsp3) is 0.318. The Kier molecular flexibility index (Phi) is 3.94. The smallest absolute Gasteiger partial charge is 0.219 e. The van der Waals surface area contributed by atoms with Gasteiger partial charge in [0.1, 0.15) is 17.4 Å². The zero-order valence-electron chi connectivity index (χ0n) is 16.0. The first-order chi connectivity index (χ1) is 13.8. The van der Waals surface area contributed by atoms with Crippen LogP contribution < -0.4 is 4.74 Å². The number of hydrogen-bond donors (Lipinski definition) is 1. The van der Waals surface area contributed by atoms with Gasteiger partial charge in [0.2, 0.25) is 5.91 Å². The molecule has 4 nitrogen and oxygen atoms in total. The number of nitrogens with one attached hydrogen (secondary N) is 1. The Morgan fingerprint density at radius 1 is 1.31 bits per heavy atom. The molecule has 1 spiro atoms. The van der Waals surface area contributed by atoms with Gasteiger partial charge in [-0.3, -0.25) is 4.79 Å². The molecule has 1 aliphatic carbocycles. The zero-order chi connectivity index (χ0) is 20.5. The molecule has 1 fully saturated rings. The number of nitrogens with zero attached hydrogens (tertiary/aromatic N) is 1. The fourth-order valence-electron chi connectivity index (χ4n) is 5.00. The summed E-state index contributed by atoms with van der Waals surface area (Å²) in [4.78, 5) is 17.1. The summed E-state index contributed by atoms with van der Waals surface area (Å²) >= 11 is 6.12. The second kappa shape index (κ2) is 6.20. The van der Waals surface area contributed by atoms with Crippen molar-refractivity contribution in [3.63, 3.8) is 0 Å². The zero-order valence-corrected chi connectivity index (χ0v) is 16.7. The Bertz CT molecular complexity index is 1180. The van der Waals surface area contributed by atoms with Crippen LogP contribution in [0.1, 0.15) is 36.1 Å². The predicted molar refractivity (Wildman–Crippen MR) is 106 cm³/mol. The van der Waals surface area contributed by atoms with Gasteiger partial charge in [-0.2, -0.15) is 0 Å². The summed E-state index contributed by atoms with van der Waals surface area (Å²) in [5, 5.41) is 0.989. The van der Waals surface area contributed by atoms with Crippen LogP contribution in [-0.2, 0) is 16.8 Å². The molecule has 2 unspecified atom stereocenters. The van der Waals surface area contributed by atoms with E-state index in [1.54, 1.807) is 18.1 Å². The number of halogens is 3. The first kappa shape index (κ1) is 18.4. The molecular formula is C22H19ClF2N2O2. The number of H-pyrrole nitrogens is 1. The first-order valence-corrected chi connectivity index (χ1v) is 9.81. The quantitative estimate of drug-likeness (QED) is 0.646. The lowest BCUT2D eigenvalue weighted by molar-refractivity contribution is -0.130. The van der Waals surface area contributed by atoms with Crippen LogP contribution in [0.25, 0.3) is 10.9 Å². The van der Waals surface area contributed by atoms with Crippen molar-refractivity contribution < 1.29 is 18.3 Å². The highest BCUT2D eigenvalue weighted by Gasteiger charge is 2.61. The van der Waals surface area contributed by atoms with Gasteiger partial charge in [0, 0.05) is 41.1 Å². The molecule has 1 saturated carbocycles. The number of hydrogen-bond acceptors (Lipinski definition) is 2. The van der Waals surface area contributed by atoms with E-state index >= 15 is 0 Å². The lowest BCUT2D eigenvalue weighted by atomic mass is 9.84. The Balaban J connectivity index is 1.71. The Morgan fingerprint density at radius 3 is 2.83 bits per heavy atom. The monoisotopic (exact) mass is 416 g/mol. The molecule has 0 radical (unpaired) electrons. The van der Waals surface area contributed by atoms with Gasteiger partial charge in [-0.05, 0) is 41.7 Å². The van der Waals surface area contributed by atoms with Crippen molar-refractivity contribution in [2.24, 2.45) is 0 Å². The third-order valence-electron chi connectivity index (χ3n) is 6.30. The highest BCUT2D eigenvalue weighted by molar-refractivity contribution is 6.30. The molecule has 29 heavy (non-hydrogen) atoms. The van der Waals surface area contributed by atoms with Crippen LogP contribution >= 0.6 is 11.6 Å². The number of aromatic amines is 1. The highest BCUT2D eigenvalue weighted by Crippen LogP contribution is 2.65. The van der Waals surface area contributed by atoms with Gasteiger partial charge in [0.15, 0.2) is 0 Å². The van der Waals surface area contributed by atoms with E-state index in [9.17, 15) is 13.6 Å². The predicted octanol–water partition coefficient (Wildman–Crippen LogP) is 4.90. The summed E-state index contributed by atoms with van der Waals surface area (Å²) in [7, 11) is 1.59. The molecule has 3 aromatic rings. The SMILES string of the molecule is COc1cc(Cl)ccc1C1CC12CN(C(C)=O)Cc1[nH]c3cc(F)cc(F)c3c12. The summed E-state index contributed by atoms with van der Waals surface area (Å²) in [6, 6.07) is 7.73. The van der Waals surface area contributed by atoms with Crippen LogP contribution in [0.2, 0.25) is 5.02 Å². The maximum absolute atomic E-state index is 14.8. The molecule has 2 heterocycles. The summed E-state index contributed by atoms with van der Waals surface area (Å²) in [6.07, 6.45) is 0.742. The van der Waals surface area contributed by atoms with Crippen molar-refractivity contribution in [2.45, 2.75) is 31.2 Å². The van der Waals surface area contributed by atoms with Crippen LogP contribution in [0.5, 0.6) is 5.75 Å². The summed E-state index contributed by atoms with van der Waals surface area (Å²) < 4.78 is 34.2. The number of methoxy groups -OCH3 is 1. The van der Waals surface area contributed by atoms with Crippen molar-refractivity contribution >= 4 is 28.4 Å². The van der Waals surface area contributed by atoms with E-state index < -0.39 is 17.0 Å². The molecule has 2 aliphatic rings. The molecule has 150 valence electrons. The molecule has 1 amide bonds. The van der Waals surface area contributed by atoms with E-state index in [-0.39, 0.29) is 11.8 Å². The second-order valence-corrected chi connectivity index (χ2v) is 8.40. The molecule has 2 atom stereocenters. The van der Waals surface area contributed by atoms with Gasteiger partial charge in [-0.25, -0.2) is 8.78 Å². The number of carbonyl (C=O) groups excluding carboxylic acids is 1. The van der Waals surface area contributed by atoms with E-state index in [1.165, 1.54) is 13.0 Å². The van der Waals surface area contributed by atoms with E-state index in [0.29, 0.717) is 34.8 Å². The van der Waals surface area contributed by atoms with E-state index in [4.69, 9.17) is 16.3 Å². The molecule has 7 heteroatoms. The van der Waals surface area contributed by atoms with Crippen molar-refractivity contribution in [2.75, 3.05) is 13.7 Å². The maximum atomic E-state index is 14.8. The molecule has 0 bridgehead atoms. The number of aromatic nitrogens is 1. The van der Waals surface area contributed by atoms with Crippen LogP contribution in [0, 0.1) is 11.6 Å². The van der Waals surface area contributed by atoms with Crippen LogP contribution in [0.4, 0.5) is 8.78 Å². The average molecular weight is 417 g/mol. The Labute approximate surface area is 171 Å². The van der Waals surface area contributed by atoms with Crippen molar-refractivity contribution in [3.8, 4) is 5.75 Å². The largest absolute Gasteiger partial charge is 0.496 e. The van der Waals surface area contributed by atoms with E-state index in [2.05, 4.69) is 4.98 Å². The first-order valence-electron chi connectivity index (χ1n) is 9.43. The lowest BCUT2D eigenvalue weighted by Crippen LogP contribution is -2.41. The molecule has 2 aromatic carbocycles. The maximum Gasteiger partial charge on any atom is 0.219 e. The topological polar surface area (TPSA) is 45.3 Å². The molecule has 5 rings (SSSR count). The van der Waals surface area contributed by atoms with Crippen molar-refractivity contribution in [3.05, 3.63) is 63.8 Å². The van der Waals surface area contributed by atoms with E-state index in [1.807, 2.05) is 12.1 Å². The molecule has 1 aliphatic heterocycles. The van der Waals surface area contributed by atoms with Gasteiger partial charge >= 0.3 is 0 Å². The van der Waals surface area contributed by atoms with Crippen LogP contribution in [0.15, 0.2) is 30.3 Å². The summed E-state index contributed by atoms with van der Waals surface area (Å²) in [5.74, 6) is -0.542.